The molecule has 1 N–H and O–H groups in total. The summed E-state index contributed by atoms with van der Waals surface area (Å²) in [6.45, 7) is 10.8. The van der Waals surface area contributed by atoms with Crippen molar-refractivity contribution < 1.29 is 4.79 Å². The van der Waals surface area contributed by atoms with Gasteiger partial charge in [-0.25, -0.2) is 0 Å². The number of carbonyl (C=O) groups is 1. The SMILES string of the molecule is CC(=O)NC(C)CN1C2=NCC(C)N2CC1C. The second-order valence-corrected chi connectivity index (χ2v) is 5.25. The van der Waals surface area contributed by atoms with Crippen molar-refractivity contribution in [2.75, 3.05) is 19.6 Å². The van der Waals surface area contributed by atoms with Crippen LogP contribution in [-0.2, 0) is 4.79 Å². The number of rotatable bonds is 3. The number of aliphatic imine (C=N–C) groups is 1. The Hall–Kier alpha value is -1.26. The van der Waals surface area contributed by atoms with Gasteiger partial charge in [0.25, 0.3) is 0 Å². The molecule has 0 aromatic rings. The molecule has 0 saturated carbocycles. The first kappa shape index (κ1) is 12.2. The van der Waals surface area contributed by atoms with Gasteiger partial charge < -0.3 is 15.1 Å². The van der Waals surface area contributed by atoms with Crippen LogP contribution in [0.2, 0.25) is 0 Å². The van der Waals surface area contributed by atoms with E-state index in [4.69, 9.17) is 0 Å². The van der Waals surface area contributed by atoms with Gasteiger partial charge in [0.05, 0.1) is 6.54 Å². The van der Waals surface area contributed by atoms with Crippen LogP contribution in [0, 0.1) is 0 Å². The summed E-state index contributed by atoms with van der Waals surface area (Å²) in [5, 5.41) is 2.93. The zero-order chi connectivity index (χ0) is 12.6. The molecule has 17 heavy (non-hydrogen) atoms. The Balaban J connectivity index is 1.99. The highest BCUT2D eigenvalue weighted by Gasteiger charge is 2.38. The molecule has 96 valence electrons. The molecule has 0 bridgehead atoms. The predicted molar refractivity (Wildman–Crippen MR) is 67.9 cm³/mol. The van der Waals surface area contributed by atoms with Crippen LogP contribution in [0.1, 0.15) is 27.7 Å². The number of hydrogen-bond acceptors (Lipinski definition) is 4. The molecular weight excluding hydrogens is 216 g/mol. The molecule has 1 saturated heterocycles. The van der Waals surface area contributed by atoms with Gasteiger partial charge in [-0.1, -0.05) is 0 Å². The van der Waals surface area contributed by atoms with Crippen LogP contribution < -0.4 is 5.32 Å². The molecule has 0 spiro atoms. The lowest BCUT2D eigenvalue weighted by Gasteiger charge is -2.26. The van der Waals surface area contributed by atoms with Crippen LogP contribution in [0.3, 0.4) is 0 Å². The summed E-state index contributed by atoms with van der Waals surface area (Å²) in [6.07, 6.45) is 0. The first-order valence-electron chi connectivity index (χ1n) is 6.34. The fourth-order valence-electron chi connectivity index (χ4n) is 2.65. The number of amides is 1. The van der Waals surface area contributed by atoms with Crippen LogP contribution in [0.4, 0.5) is 0 Å². The summed E-state index contributed by atoms with van der Waals surface area (Å²) in [5.74, 6) is 1.14. The topological polar surface area (TPSA) is 47.9 Å². The number of carbonyl (C=O) groups excluding carboxylic acids is 1. The Morgan fingerprint density at radius 3 is 2.88 bits per heavy atom. The number of fused-ring (bicyclic) bond motifs is 1. The lowest BCUT2D eigenvalue weighted by atomic mass is 10.2. The molecule has 1 amide bonds. The second-order valence-electron chi connectivity index (χ2n) is 5.25. The molecule has 0 radical (unpaired) electrons. The van der Waals surface area contributed by atoms with Crippen LogP contribution in [0.5, 0.6) is 0 Å². The average molecular weight is 238 g/mol. The molecule has 3 unspecified atom stereocenters. The summed E-state index contributed by atoms with van der Waals surface area (Å²) in [5.41, 5.74) is 0. The van der Waals surface area contributed by atoms with Crippen molar-refractivity contribution in [2.45, 2.75) is 45.8 Å². The van der Waals surface area contributed by atoms with E-state index in [2.05, 4.69) is 34.0 Å². The molecule has 3 atom stereocenters. The Morgan fingerprint density at radius 2 is 2.24 bits per heavy atom. The molecule has 2 aliphatic rings. The molecule has 5 heteroatoms. The lowest BCUT2D eigenvalue weighted by Crippen LogP contribution is -2.45. The highest BCUT2D eigenvalue weighted by atomic mass is 16.1. The predicted octanol–water partition coefficient (Wildman–Crippen LogP) is 0.275. The van der Waals surface area contributed by atoms with Crippen molar-refractivity contribution >= 4 is 11.9 Å². The minimum Gasteiger partial charge on any atom is -0.352 e. The maximum absolute atomic E-state index is 11.0. The Labute approximate surface area is 103 Å². The van der Waals surface area contributed by atoms with Gasteiger partial charge in [0.15, 0.2) is 5.96 Å². The fourth-order valence-corrected chi connectivity index (χ4v) is 2.65. The van der Waals surface area contributed by atoms with Gasteiger partial charge in [0.2, 0.25) is 5.91 Å². The van der Waals surface area contributed by atoms with Gasteiger partial charge in [-0.05, 0) is 20.8 Å². The van der Waals surface area contributed by atoms with E-state index in [1.54, 1.807) is 6.92 Å². The molecule has 0 aromatic carbocycles. The van der Waals surface area contributed by atoms with Gasteiger partial charge in [-0.2, -0.15) is 0 Å². The third-order valence-corrected chi connectivity index (χ3v) is 3.46. The van der Waals surface area contributed by atoms with Crippen molar-refractivity contribution in [3.8, 4) is 0 Å². The van der Waals surface area contributed by atoms with Gasteiger partial charge in [-0.15, -0.1) is 0 Å². The summed E-state index contributed by atoms with van der Waals surface area (Å²) in [4.78, 5) is 20.3. The Kier molecular flexibility index (Phi) is 3.26. The molecule has 2 rings (SSSR count). The van der Waals surface area contributed by atoms with Gasteiger partial charge in [0, 0.05) is 38.1 Å². The minimum atomic E-state index is 0.0305. The van der Waals surface area contributed by atoms with Crippen molar-refractivity contribution in [3.63, 3.8) is 0 Å². The number of nitrogens with one attached hydrogen (secondary N) is 1. The summed E-state index contributed by atoms with van der Waals surface area (Å²) < 4.78 is 0. The minimum absolute atomic E-state index is 0.0305. The normalized spacial score (nSPS) is 29.1. The lowest BCUT2D eigenvalue weighted by molar-refractivity contribution is -0.119. The highest BCUT2D eigenvalue weighted by Crippen LogP contribution is 2.23. The van der Waals surface area contributed by atoms with Crippen LogP contribution >= 0.6 is 0 Å². The van der Waals surface area contributed by atoms with Gasteiger partial charge >= 0.3 is 0 Å². The van der Waals surface area contributed by atoms with E-state index in [-0.39, 0.29) is 11.9 Å². The second kappa shape index (κ2) is 4.55. The van der Waals surface area contributed by atoms with E-state index < -0.39 is 0 Å². The molecule has 0 aliphatic carbocycles. The zero-order valence-electron chi connectivity index (χ0n) is 11.1. The largest absolute Gasteiger partial charge is 0.352 e. The quantitative estimate of drug-likeness (QED) is 0.768. The smallest absolute Gasteiger partial charge is 0.217 e. The fraction of sp³-hybridized carbons (Fsp3) is 0.833. The van der Waals surface area contributed by atoms with Crippen molar-refractivity contribution in [1.82, 2.24) is 15.1 Å². The standard InChI is InChI=1S/C12H22N4O/c1-8(14-11(4)17)6-15-10(3)7-16-9(2)5-13-12(15)16/h8-10H,5-7H2,1-4H3,(H,14,17). The third kappa shape index (κ3) is 2.37. The van der Waals surface area contributed by atoms with E-state index in [9.17, 15) is 4.79 Å². The maximum Gasteiger partial charge on any atom is 0.217 e. The van der Waals surface area contributed by atoms with E-state index >= 15 is 0 Å². The summed E-state index contributed by atoms with van der Waals surface area (Å²) in [6, 6.07) is 1.16. The summed E-state index contributed by atoms with van der Waals surface area (Å²) in [7, 11) is 0. The Bertz CT molecular complexity index is 341. The van der Waals surface area contributed by atoms with Crippen molar-refractivity contribution in [1.29, 1.82) is 0 Å². The van der Waals surface area contributed by atoms with Gasteiger partial charge in [0.1, 0.15) is 0 Å². The molecule has 5 nitrogen and oxygen atoms in total. The van der Waals surface area contributed by atoms with Gasteiger partial charge in [-0.3, -0.25) is 9.79 Å². The first-order valence-corrected chi connectivity index (χ1v) is 6.34. The number of nitrogens with zero attached hydrogens (tertiary/aromatic N) is 3. The number of guanidine groups is 1. The highest BCUT2D eigenvalue weighted by molar-refractivity contribution is 5.84. The average Bonchev–Trinajstić information content (AvgIpc) is 2.69. The van der Waals surface area contributed by atoms with Crippen LogP contribution in [0.25, 0.3) is 0 Å². The molecular formula is C12H22N4O. The molecule has 2 heterocycles. The van der Waals surface area contributed by atoms with Crippen molar-refractivity contribution in [2.24, 2.45) is 4.99 Å². The maximum atomic E-state index is 11.0. The molecule has 1 fully saturated rings. The summed E-state index contributed by atoms with van der Waals surface area (Å²) >= 11 is 0. The van der Waals surface area contributed by atoms with E-state index in [0.717, 1.165) is 25.6 Å². The monoisotopic (exact) mass is 238 g/mol. The third-order valence-electron chi connectivity index (χ3n) is 3.46. The molecule has 0 aromatic heterocycles. The van der Waals surface area contributed by atoms with E-state index in [0.29, 0.717) is 12.1 Å². The Morgan fingerprint density at radius 1 is 1.53 bits per heavy atom. The van der Waals surface area contributed by atoms with Crippen molar-refractivity contribution in [3.05, 3.63) is 0 Å². The van der Waals surface area contributed by atoms with Crippen LogP contribution in [-0.4, -0.2) is 59.4 Å². The first-order chi connectivity index (χ1) is 7.99. The number of hydrogen-bond donors (Lipinski definition) is 1. The zero-order valence-corrected chi connectivity index (χ0v) is 11.1. The van der Waals surface area contributed by atoms with E-state index in [1.165, 1.54) is 0 Å². The molecule has 2 aliphatic heterocycles. The van der Waals surface area contributed by atoms with Crippen LogP contribution in [0.15, 0.2) is 4.99 Å². The van der Waals surface area contributed by atoms with E-state index in [1.807, 2.05) is 6.92 Å².